The van der Waals surface area contributed by atoms with Crippen molar-refractivity contribution in [2.75, 3.05) is 5.32 Å². The Labute approximate surface area is 169 Å². The number of nitrogens with one attached hydrogen (secondary N) is 2. The van der Waals surface area contributed by atoms with Gasteiger partial charge in [-0.05, 0) is 49.8 Å². The maximum Gasteiger partial charge on any atom is 0.274 e. The molecule has 0 radical (unpaired) electrons. The van der Waals surface area contributed by atoms with Crippen LogP contribution in [-0.4, -0.2) is 27.6 Å². The van der Waals surface area contributed by atoms with Crippen molar-refractivity contribution in [3.63, 3.8) is 0 Å². The maximum atomic E-state index is 12.7. The van der Waals surface area contributed by atoms with Crippen LogP contribution in [0.5, 0.6) is 0 Å². The highest BCUT2D eigenvalue weighted by Gasteiger charge is 2.44. The molecule has 7 heteroatoms. The van der Waals surface area contributed by atoms with Crippen LogP contribution in [0.2, 0.25) is 5.02 Å². The first-order valence-corrected chi connectivity index (χ1v) is 10.4. The van der Waals surface area contributed by atoms with Gasteiger partial charge in [0.05, 0.1) is 5.69 Å². The number of anilines is 1. The molecule has 148 valence electrons. The summed E-state index contributed by atoms with van der Waals surface area (Å²) >= 11 is 5.94. The summed E-state index contributed by atoms with van der Waals surface area (Å²) in [5.41, 5.74) is 1.91. The highest BCUT2D eigenvalue weighted by Crippen LogP contribution is 2.48. The quantitative estimate of drug-likeness (QED) is 0.770. The zero-order valence-electron chi connectivity index (χ0n) is 16.0. The lowest BCUT2D eigenvalue weighted by molar-refractivity contribution is -0.117. The first kappa shape index (κ1) is 19.0. The van der Waals surface area contributed by atoms with E-state index in [0.717, 1.165) is 37.7 Å². The highest BCUT2D eigenvalue weighted by molar-refractivity contribution is 6.30. The van der Waals surface area contributed by atoms with Gasteiger partial charge in [0.15, 0.2) is 5.69 Å². The second-order valence-corrected chi connectivity index (χ2v) is 8.13. The van der Waals surface area contributed by atoms with Crippen molar-refractivity contribution < 1.29 is 9.59 Å². The number of halogens is 1. The molecule has 2 aliphatic carbocycles. The van der Waals surface area contributed by atoms with Gasteiger partial charge in [0.25, 0.3) is 5.91 Å². The van der Waals surface area contributed by atoms with Gasteiger partial charge in [-0.25, -0.2) is 0 Å². The van der Waals surface area contributed by atoms with Gasteiger partial charge in [-0.3, -0.25) is 14.3 Å². The predicted molar refractivity (Wildman–Crippen MR) is 109 cm³/mol. The second-order valence-electron chi connectivity index (χ2n) is 7.69. The fraction of sp³-hybridized carbons (Fsp3) is 0.476. The SMILES string of the molecule is CCn1cc(NC(=O)C2CC2c2ccc(Cl)cc2)c(C(=O)NC2CCCC2)n1. The first-order valence-electron chi connectivity index (χ1n) is 9.99. The van der Waals surface area contributed by atoms with Crippen LogP contribution >= 0.6 is 11.6 Å². The van der Waals surface area contributed by atoms with E-state index >= 15 is 0 Å². The lowest BCUT2D eigenvalue weighted by Gasteiger charge is -2.11. The molecule has 1 aromatic heterocycles. The Morgan fingerprint density at radius 3 is 2.61 bits per heavy atom. The average molecular weight is 401 g/mol. The molecule has 2 fully saturated rings. The van der Waals surface area contributed by atoms with E-state index in [2.05, 4.69) is 15.7 Å². The van der Waals surface area contributed by atoms with E-state index in [0.29, 0.717) is 22.9 Å². The van der Waals surface area contributed by atoms with Gasteiger partial charge >= 0.3 is 0 Å². The first-order chi connectivity index (χ1) is 13.5. The van der Waals surface area contributed by atoms with Crippen molar-refractivity contribution in [3.8, 4) is 0 Å². The maximum absolute atomic E-state index is 12.7. The van der Waals surface area contributed by atoms with Crippen LogP contribution in [0.3, 0.4) is 0 Å². The van der Waals surface area contributed by atoms with Crippen LogP contribution in [-0.2, 0) is 11.3 Å². The number of carbonyl (C=O) groups is 2. The van der Waals surface area contributed by atoms with Gasteiger partial charge in [-0.15, -0.1) is 0 Å². The Kier molecular flexibility index (Phi) is 5.40. The Morgan fingerprint density at radius 2 is 1.93 bits per heavy atom. The number of amides is 2. The number of carbonyl (C=O) groups excluding carboxylic acids is 2. The third-order valence-corrected chi connectivity index (χ3v) is 5.93. The van der Waals surface area contributed by atoms with E-state index in [4.69, 9.17) is 11.6 Å². The molecular weight excluding hydrogens is 376 g/mol. The molecule has 2 saturated carbocycles. The summed E-state index contributed by atoms with van der Waals surface area (Å²) in [5, 5.41) is 11.0. The zero-order chi connectivity index (χ0) is 19.7. The fourth-order valence-electron chi connectivity index (χ4n) is 3.96. The number of nitrogens with zero attached hydrogens (tertiary/aromatic N) is 2. The molecule has 0 aliphatic heterocycles. The molecule has 6 nitrogen and oxygen atoms in total. The molecule has 2 N–H and O–H groups in total. The van der Waals surface area contributed by atoms with Gasteiger partial charge in [-0.2, -0.15) is 5.10 Å². The molecule has 2 aromatic rings. The molecule has 28 heavy (non-hydrogen) atoms. The summed E-state index contributed by atoms with van der Waals surface area (Å²) in [6.07, 6.45) is 6.84. The van der Waals surface area contributed by atoms with Gasteiger partial charge in [0.2, 0.25) is 5.91 Å². The van der Waals surface area contributed by atoms with E-state index in [1.54, 1.807) is 10.9 Å². The molecule has 0 bridgehead atoms. The molecule has 0 saturated heterocycles. The van der Waals surface area contributed by atoms with Crippen molar-refractivity contribution in [2.45, 2.75) is 57.5 Å². The second kappa shape index (κ2) is 7.95. The Morgan fingerprint density at radius 1 is 1.21 bits per heavy atom. The molecule has 1 heterocycles. The van der Waals surface area contributed by atoms with Crippen molar-refractivity contribution >= 4 is 29.1 Å². The monoisotopic (exact) mass is 400 g/mol. The lowest BCUT2D eigenvalue weighted by atomic mass is 10.1. The fourth-order valence-corrected chi connectivity index (χ4v) is 4.08. The van der Waals surface area contributed by atoms with Crippen LogP contribution in [0, 0.1) is 5.92 Å². The van der Waals surface area contributed by atoms with Crippen molar-refractivity contribution in [3.05, 3.63) is 46.7 Å². The topological polar surface area (TPSA) is 76.0 Å². The molecule has 2 amide bonds. The van der Waals surface area contributed by atoms with Gasteiger partial charge in [-0.1, -0.05) is 36.6 Å². The van der Waals surface area contributed by atoms with E-state index in [1.807, 2.05) is 31.2 Å². The number of rotatable bonds is 6. The van der Waals surface area contributed by atoms with E-state index < -0.39 is 0 Å². The predicted octanol–water partition coefficient (Wildman–Crippen LogP) is 3.97. The number of hydrogen-bond donors (Lipinski definition) is 2. The van der Waals surface area contributed by atoms with Crippen molar-refractivity contribution in [1.82, 2.24) is 15.1 Å². The minimum absolute atomic E-state index is 0.0643. The third kappa shape index (κ3) is 4.07. The summed E-state index contributed by atoms with van der Waals surface area (Å²) in [4.78, 5) is 25.4. The van der Waals surface area contributed by atoms with Crippen LogP contribution in [0.15, 0.2) is 30.5 Å². The zero-order valence-corrected chi connectivity index (χ0v) is 16.7. The largest absolute Gasteiger partial charge is 0.348 e. The Balaban J connectivity index is 1.43. The summed E-state index contributed by atoms with van der Waals surface area (Å²) in [6.45, 7) is 2.59. The highest BCUT2D eigenvalue weighted by atomic mass is 35.5. The summed E-state index contributed by atoms with van der Waals surface area (Å²) in [6, 6.07) is 7.84. The summed E-state index contributed by atoms with van der Waals surface area (Å²) in [7, 11) is 0. The van der Waals surface area contributed by atoms with Crippen LogP contribution < -0.4 is 10.6 Å². The average Bonchev–Trinajstić information content (AvgIpc) is 3.12. The van der Waals surface area contributed by atoms with Crippen LogP contribution in [0.1, 0.15) is 61.0 Å². The van der Waals surface area contributed by atoms with Crippen LogP contribution in [0.4, 0.5) is 5.69 Å². The standard InChI is InChI=1S/C21H25ClN4O2/c1-2-26-12-18(19(25-26)21(28)23-15-5-3-4-6-15)24-20(27)17-11-16(17)13-7-9-14(22)10-8-13/h7-10,12,15-17H,2-6,11H2,1H3,(H,23,28)(H,24,27). The van der Waals surface area contributed by atoms with Crippen LogP contribution in [0.25, 0.3) is 0 Å². The number of aromatic nitrogens is 2. The Hall–Kier alpha value is -2.34. The summed E-state index contributed by atoms with van der Waals surface area (Å²) in [5.74, 6) is -0.156. The molecular formula is C21H25ClN4O2. The Bertz CT molecular complexity index is 871. The lowest BCUT2D eigenvalue weighted by Crippen LogP contribution is -2.33. The minimum atomic E-state index is -0.209. The van der Waals surface area contributed by atoms with Gasteiger partial charge < -0.3 is 10.6 Å². The van der Waals surface area contributed by atoms with E-state index in [9.17, 15) is 9.59 Å². The van der Waals surface area contributed by atoms with Gasteiger partial charge in [0, 0.05) is 29.7 Å². The number of benzene rings is 1. The molecule has 2 unspecified atom stereocenters. The van der Waals surface area contributed by atoms with E-state index in [1.165, 1.54) is 0 Å². The molecule has 2 aliphatic rings. The van der Waals surface area contributed by atoms with Crippen molar-refractivity contribution in [2.24, 2.45) is 5.92 Å². The molecule has 1 aromatic carbocycles. The molecule has 4 rings (SSSR count). The van der Waals surface area contributed by atoms with Crippen molar-refractivity contribution in [1.29, 1.82) is 0 Å². The molecule has 2 atom stereocenters. The third-order valence-electron chi connectivity index (χ3n) is 5.67. The van der Waals surface area contributed by atoms with Gasteiger partial charge in [0.1, 0.15) is 0 Å². The smallest absolute Gasteiger partial charge is 0.274 e. The van der Waals surface area contributed by atoms with E-state index in [-0.39, 0.29) is 29.7 Å². The normalized spacial score (nSPS) is 21.5. The molecule has 0 spiro atoms. The summed E-state index contributed by atoms with van der Waals surface area (Å²) < 4.78 is 1.68. The number of hydrogen-bond acceptors (Lipinski definition) is 3. The minimum Gasteiger partial charge on any atom is -0.348 e. The number of aryl methyl sites for hydroxylation is 1.